The monoisotopic (exact) mass is 237 g/mol. The fourth-order valence-electron chi connectivity index (χ4n) is 2.05. The summed E-state index contributed by atoms with van der Waals surface area (Å²) in [5.74, 6) is -0.104. The van der Waals surface area contributed by atoms with Crippen LogP contribution in [0.4, 0.5) is 0 Å². The summed E-state index contributed by atoms with van der Waals surface area (Å²) in [6.45, 7) is 3.89. The Hall–Kier alpha value is -1.32. The van der Waals surface area contributed by atoms with Crippen molar-refractivity contribution in [2.45, 2.75) is 58.0 Å². The molecule has 0 unspecified atom stereocenters. The molecule has 0 radical (unpaired) electrons. The van der Waals surface area contributed by atoms with E-state index in [4.69, 9.17) is 5.73 Å². The molecule has 4 heteroatoms. The van der Waals surface area contributed by atoms with Crippen molar-refractivity contribution < 1.29 is 4.79 Å². The highest BCUT2D eigenvalue weighted by atomic mass is 16.1. The normalized spacial score (nSPS) is 18.9. The van der Waals surface area contributed by atoms with E-state index >= 15 is 0 Å². The minimum atomic E-state index is -0.104. The van der Waals surface area contributed by atoms with Crippen molar-refractivity contribution in [1.82, 2.24) is 5.32 Å². The Morgan fingerprint density at radius 2 is 2.00 bits per heavy atom. The second-order valence-electron chi connectivity index (χ2n) is 4.78. The summed E-state index contributed by atoms with van der Waals surface area (Å²) >= 11 is 0. The summed E-state index contributed by atoms with van der Waals surface area (Å²) in [5, 5.41) is 3.03. The maximum absolute atomic E-state index is 12.0. The molecule has 1 fully saturated rings. The van der Waals surface area contributed by atoms with Crippen LogP contribution in [-0.2, 0) is 4.79 Å². The Labute approximate surface area is 103 Å². The third-order valence-corrected chi connectivity index (χ3v) is 2.82. The maximum atomic E-state index is 12.0. The van der Waals surface area contributed by atoms with Gasteiger partial charge in [0.25, 0.3) is 5.91 Å². The molecule has 1 amide bonds. The van der Waals surface area contributed by atoms with E-state index in [2.05, 4.69) is 10.3 Å². The van der Waals surface area contributed by atoms with Gasteiger partial charge in [0.15, 0.2) is 0 Å². The predicted octanol–water partition coefficient (Wildman–Crippen LogP) is 1.76. The number of nitrogens with one attached hydrogen (secondary N) is 1. The molecule has 1 aliphatic rings. The highest BCUT2D eigenvalue weighted by Gasteiger charge is 2.17. The van der Waals surface area contributed by atoms with Gasteiger partial charge in [0, 0.05) is 12.1 Å². The first-order valence-corrected chi connectivity index (χ1v) is 6.40. The zero-order chi connectivity index (χ0) is 12.7. The molecular formula is C13H23N3O. The lowest BCUT2D eigenvalue weighted by atomic mass is 9.95. The van der Waals surface area contributed by atoms with E-state index in [9.17, 15) is 4.79 Å². The molecule has 1 rings (SSSR count). The SMILES string of the molecule is CC(C)N=C(C=CN)C(=O)NC1CCCCC1. The zero-order valence-corrected chi connectivity index (χ0v) is 10.8. The van der Waals surface area contributed by atoms with Crippen LogP contribution in [0.2, 0.25) is 0 Å². The minimum Gasteiger partial charge on any atom is -0.405 e. The zero-order valence-electron chi connectivity index (χ0n) is 10.8. The van der Waals surface area contributed by atoms with E-state index in [0.29, 0.717) is 11.8 Å². The number of carbonyl (C=O) groups excluding carboxylic acids is 1. The molecule has 17 heavy (non-hydrogen) atoms. The molecule has 0 aliphatic heterocycles. The first-order chi connectivity index (χ1) is 8.13. The lowest BCUT2D eigenvalue weighted by molar-refractivity contribution is -0.115. The van der Waals surface area contributed by atoms with Crippen LogP contribution in [0.15, 0.2) is 17.3 Å². The molecule has 0 spiro atoms. The van der Waals surface area contributed by atoms with Crippen molar-refractivity contribution in [2.75, 3.05) is 0 Å². The molecule has 0 aromatic carbocycles. The average Bonchev–Trinajstić information content (AvgIpc) is 2.29. The fraction of sp³-hybridized carbons (Fsp3) is 0.692. The van der Waals surface area contributed by atoms with Crippen LogP contribution < -0.4 is 11.1 Å². The van der Waals surface area contributed by atoms with Crippen LogP contribution in [0.5, 0.6) is 0 Å². The largest absolute Gasteiger partial charge is 0.405 e. The van der Waals surface area contributed by atoms with Crippen LogP contribution in [0.3, 0.4) is 0 Å². The lowest BCUT2D eigenvalue weighted by Gasteiger charge is -2.22. The van der Waals surface area contributed by atoms with Crippen molar-refractivity contribution in [3.05, 3.63) is 12.3 Å². The Balaban J connectivity index is 2.58. The third-order valence-electron chi connectivity index (χ3n) is 2.82. The smallest absolute Gasteiger partial charge is 0.269 e. The van der Waals surface area contributed by atoms with Gasteiger partial charge in [-0.05, 0) is 39.0 Å². The average molecular weight is 237 g/mol. The standard InChI is InChI=1S/C13H23N3O/c1-10(2)15-12(8-9-14)13(17)16-11-6-4-3-5-7-11/h8-11H,3-7,14H2,1-2H3,(H,16,17). The highest BCUT2D eigenvalue weighted by molar-refractivity contribution is 6.43. The molecule has 4 nitrogen and oxygen atoms in total. The molecule has 1 saturated carbocycles. The quantitative estimate of drug-likeness (QED) is 0.732. The molecule has 0 bridgehead atoms. The first-order valence-electron chi connectivity index (χ1n) is 6.40. The molecular weight excluding hydrogens is 214 g/mol. The molecule has 3 N–H and O–H groups in total. The summed E-state index contributed by atoms with van der Waals surface area (Å²) in [6.07, 6.45) is 8.77. The summed E-state index contributed by atoms with van der Waals surface area (Å²) in [7, 11) is 0. The molecule has 96 valence electrons. The van der Waals surface area contributed by atoms with Crippen molar-refractivity contribution in [1.29, 1.82) is 0 Å². The van der Waals surface area contributed by atoms with Gasteiger partial charge in [-0.25, -0.2) is 0 Å². The number of rotatable bonds is 4. The number of amides is 1. The fourth-order valence-corrected chi connectivity index (χ4v) is 2.05. The Morgan fingerprint density at radius 1 is 1.35 bits per heavy atom. The van der Waals surface area contributed by atoms with Crippen LogP contribution in [0.25, 0.3) is 0 Å². The van der Waals surface area contributed by atoms with E-state index in [0.717, 1.165) is 12.8 Å². The molecule has 1 aliphatic carbocycles. The van der Waals surface area contributed by atoms with Gasteiger partial charge >= 0.3 is 0 Å². The van der Waals surface area contributed by atoms with Gasteiger partial charge in [0.05, 0.1) is 0 Å². The molecule has 0 aromatic heterocycles. The number of aliphatic imine (C=N–C) groups is 1. The van der Waals surface area contributed by atoms with E-state index in [-0.39, 0.29) is 11.9 Å². The molecule has 0 heterocycles. The minimum absolute atomic E-state index is 0.0957. The maximum Gasteiger partial charge on any atom is 0.269 e. The van der Waals surface area contributed by atoms with Gasteiger partial charge in [-0.15, -0.1) is 0 Å². The molecule has 0 saturated heterocycles. The van der Waals surface area contributed by atoms with Gasteiger partial charge in [-0.3, -0.25) is 9.79 Å². The van der Waals surface area contributed by atoms with Crippen LogP contribution in [0.1, 0.15) is 46.0 Å². The van der Waals surface area contributed by atoms with Gasteiger partial charge in [-0.2, -0.15) is 0 Å². The predicted molar refractivity (Wildman–Crippen MR) is 70.9 cm³/mol. The van der Waals surface area contributed by atoms with Crippen molar-refractivity contribution in [3.8, 4) is 0 Å². The van der Waals surface area contributed by atoms with E-state index in [1.807, 2.05) is 13.8 Å². The van der Waals surface area contributed by atoms with Crippen LogP contribution in [-0.4, -0.2) is 23.7 Å². The van der Waals surface area contributed by atoms with Gasteiger partial charge in [0.2, 0.25) is 0 Å². The topological polar surface area (TPSA) is 67.5 Å². The second-order valence-corrected chi connectivity index (χ2v) is 4.78. The number of carbonyl (C=O) groups is 1. The number of nitrogens with zero attached hydrogens (tertiary/aromatic N) is 1. The second kappa shape index (κ2) is 7.09. The summed E-state index contributed by atoms with van der Waals surface area (Å²) in [5.41, 5.74) is 5.76. The van der Waals surface area contributed by atoms with Crippen molar-refractivity contribution >= 4 is 11.6 Å². The van der Waals surface area contributed by atoms with Gasteiger partial charge in [0.1, 0.15) is 5.71 Å². The van der Waals surface area contributed by atoms with Crippen LogP contribution >= 0.6 is 0 Å². The lowest BCUT2D eigenvalue weighted by Crippen LogP contribution is -2.40. The number of hydrogen-bond donors (Lipinski definition) is 2. The Morgan fingerprint density at radius 3 is 2.53 bits per heavy atom. The van der Waals surface area contributed by atoms with Crippen molar-refractivity contribution in [2.24, 2.45) is 10.7 Å². The molecule has 0 aromatic rings. The third kappa shape index (κ3) is 5.02. The Bertz CT molecular complexity index is 302. The van der Waals surface area contributed by atoms with Crippen molar-refractivity contribution in [3.63, 3.8) is 0 Å². The van der Waals surface area contributed by atoms with E-state index in [1.165, 1.54) is 25.5 Å². The van der Waals surface area contributed by atoms with Crippen LogP contribution in [0, 0.1) is 0 Å². The summed E-state index contributed by atoms with van der Waals surface area (Å²) < 4.78 is 0. The van der Waals surface area contributed by atoms with E-state index in [1.54, 1.807) is 6.08 Å². The van der Waals surface area contributed by atoms with Gasteiger partial charge in [-0.1, -0.05) is 19.3 Å². The summed E-state index contributed by atoms with van der Waals surface area (Å²) in [4.78, 5) is 16.3. The Kier molecular flexibility index (Phi) is 5.73. The number of nitrogens with two attached hydrogens (primary N) is 1. The van der Waals surface area contributed by atoms with Gasteiger partial charge < -0.3 is 11.1 Å². The summed E-state index contributed by atoms with van der Waals surface area (Å²) in [6, 6.07) is 0.401. The number of hydrogen-bond acceptors (Lipinski definition) is 3. The van der Waals surface area contributed by atoms with E-state index < -0.39 is 0 Å². The molecule has 0 atom stereocenters. The highest BCUT2D eigenvalue weighted by Crippen LogP contribution is 2.17. The first kappa shape index (κ1) is 13.7.